The lowest BCUT2D eigenvalue weighted by Crippen LogP contribution is -2.04. The van der Waals surface area contributed by atoms with Crippen LogP contribution in [0.1, 0.15) is 32.0 Å². The van der Waals surface area contributed by atoms with Gasteiger partial charge >= 0.3 is 0 Å². The largest absolute Gasteiger partial charge is 0.265 e. The van der Waals surface area contributed by atoms with Crippen LogP contribution in [0.4, 0.5) is 0 Å². The Labute approximate surface area is 97.4 Å². The van der Waals surface area contributed by atoms with Crippen LogP contribution in [-0.4, -0.2) is 23.6 Å². The summed E-state index contributed by atoms with van der Waals surface area (Å²) in [6.45, 7) is 8.96. The molecule has 1 aromatic rings. The van der Waals surface area contributed by atoms with Gasteiger partial charge < -0.3 is 0 Å². The van der Waals surface area contributed by atoms with Gasteiger partial charge in [0.05, 0.1) is 0 Å². The minimum absolute atomic E-state index is 0.535. The zero-order valence-electron chi connectivity index (χ0n) is 10.4. The smallest absolute Gasteiger partial charge is 0.173 e. The van der Waals surface area contributed by atoms with Gasteiger partial charge in [-0.25, -0.2) is 4.99 Å². The molecule has 1 rings (SSSR count). The zero-order chi connectivity index (χ0) is 12.0. The van der Waals surface area contributed by atoms with Crippen molar-refractivity contribution in [2.75, 3.05) is 6.54 Å². The normalized spacial score (nSPS) is 12.7. The van der Waals surface area contributed by atoms with Crippen LogP contribution in [-0.2, 0) is 0 Å². The summed E-state index contributed by atoms with van der Waals surface area (Å²) in [4.78, 5) is 13.1. The third-order valence-corrected chi connectivity index (χ3v) is 2.00. The van der Waals surface area contributed by atoms with E-state index in [1.54, 1.807) is 6.21 Å². The Morgan fingerprint density at radius 2 is 2.19 bits per heavy atom. The molecule has 3 heteroatoms. The van der Waals surface area contributed by atoms with Crippen LogP contribution in [0.5, 0.6) is 0 Å². The first-order chi connectivity index (χ1) is 7.63. The van der Waals surface area contributed by atoms with Gasteiger partial charge in [0.2, 0.25) is 0 Å². The third-order valence-electron chi connectivity index (χ3n) is 2.00. The monoisotopic (exact) mass is 217 g/mol. The molecule has 0 aromatic carbocycles. The lowest BCUT2D eigenvalue weighted by Gasteiger charge is -2.03. The number of nitrogens with zero attached hydrogens (tertiary/aromatic N) is 3. The fourth-order valence-corrected chi connectivity index (χ4v) is 1.18. The minimum Gasteiger partial charge on any atom is -0.265 e. The van der Waals surface area contributed by atoms with Gasteiger partial charge in [-0.1, -0.05) is 19.9 Å². The molecule has 86 valence electrons. The average molecular weight is 217 g/mol. The fourth-order valence-electron chi connectivity index (χ4n) is 1.18. The van der Waals surface area contributed by atoms with Crippen molar-refractivity contribution in [2.24, 2.45) is 15.9 Å². The van der Waals surface area contributed by atoms with E-state index in [2.05, 4.69) is 28.8 Å². The standard InChI is InChI=1S/C13H19N3/c1-5-14-13(16-8-10(2)3)12-7-6-11(4)9-15-12/h5-7,9-10H,8H2,1-4H3. The molecule has 0 aliphatic carbocycles. The highest BCUT2D eigenvalue weighted by molar-refractivity contribution is 6.01. The topological polar surface area (TPSA) is 37.6 Å². The molecular formula is C13H19N3. The van der Waals surface area contributed by atoms with Gasteiger partial charge in [-0.15, -0.1) is 0 Å². The number of hydrogen-bond donors (Lipinski definition) is 0. The fraction of sp³-hybridized carbons (Fsp3) is 0.462. The Morgan fingerprint density at radius 1 is 1.44 bits per heavy atom. The summed E-state index contributed by atoms with van der Waals surface area (Å²) in [5, 5.41) is 0. The predicted octanol–water partition coefficient (Wildman–Crippen LogP) is 2.88. The molecule has 16 heavy (non-hydrogen) atoms. The molecule has 0 aliphatic rings. The molecule has 0 amide bonds. The number of aliphatic imine (C=N–C) groups is 2. The second kappa shape index (κ2) is 6.16. The van der Waals surface area contributed by atoms with Gasteiger partial charge in [0.1, 0.15) is 5.69 Å². The predicted molar refractivity (Wildman–Crippen MR) is 69.4 cm³/mol. The highest BCUT2D eigenvalue weighted by atomic mass is 14.9. The van der Waals surface area contributed by atoms with E-state index in [4.69, 9.17) is 0 Å². The molecule has 0 radical (unpaired) electrons. The SMILES string of the molecule is CC=NC(=NCC(C)C)c1ccc(C)cn1. The molecule has 0 unspecified atom stereocenters. The summed E-state index contributed by atoms with van der Waals surface area (Å²) in [6.07, 6.45) is 3.59. The first kappa shape index (κ1) is 12.6. The number of aromatic nitrogens is 1. The van der Waals surface area contributed by atoms with Gasteiger partial charge in [-0.05, 0) is 31.4 Å². The van der Waals surface area contributed by atoms with Crippen molar-refractivity contribution in [3.05, 3.63) is 29.6 Å². The average Bonchev–Trinajstić information content (AvgIpc) is 2.25. The maximum atomic E-state index is 4.47. The molecule has 1 heterocycles. The second-order valence-electron chi connectivity index (χ2n) is 4.17. The van der Waals surface area contributed by atoms with E-state index >= 15 is 0 Å². The van der Waals surface area contributed by atoms with Gasteiger partial charge in [-0.2, -0.15) is 0 Å². The molecule has 0 saturated carbocycles. The maximum Gasteiger partial charge on any atom is 0.173 e. The molecule has 0 spiro atoms. The van der Waals surface area contributed by atoms with Crippen LogP contribution < -0.4 is 0 Å². The van der Waals surface area contributed by atoms with Gasteiger partial charge in [0.25, 0.3) is 0 Å². The van der Waals surface area contributed by atoms with Crippen LogP contribution in [0.25, 0.3) is 0 Å². The van der Waals surface area contributed by atoms with E-state index in [1.807, 2.05) is 32.2 Å². The molecule has 0 aliphatic heterocycles. The number of amidine groups is 1. The van der Waals surface area contributed by atoms with E-state index in [1.165, 1.54) is 0 Å². The highest BCUT2D eigenvalue weighted by Gasteiger charge is 2.02. The summed E-state index contributed by atoms with van der Waals surface area (Å²) < 4.78 is 0. The lowest BCUT2D eigenvalue weighted by molar-refractivity contribution is 0.665. The van der Waals surface area contributed by atoms with Crippen LogP contribution in [0, 0.1) is 12.8 Å². The quantitative estimate of drug-likeness (QED) is 0.566. The van der Waals surface area contributed by atoms with Gasteiger partial charge in [0, 0.05) is 19.0 Å². The first-order valence-electron chi connectivity index (χ1n) is 5.59. The highest BCUT2D eigenvalue weighted by Crippen LogP contribution is 2.03. The number of hydrogen-bond acceptors (Lipinski definition) is 2. The van der Waals surface area contributed by atoms with Gasteiger partial charge in [-0.3, -0.25) is 9.98 Å². The Hall–Kier alpha value is -1.51. The number of pyridine rings is 1. The molecule has 0 saturated heterocycles. The molecule has 3 nitrogen and oxygen atoms in total. The molecule has 1 aromatic heterocycles. The van der Waals surface area contributed by atoms with Crippen molar-refractivity contribution in [3.63, 3.8) is 0 Å². The van der Waals surface area contributed by atoms with Crippen molar-refractivity contribution in [1.82, 2.24) is 4.98 Å². The van der Waals surface area contributed by atoms with E-state index < -0.39 is 0 Å². The van der Waals surface area contributed by atoms with Crippen LogP contribution in [0.3, 0.4) is 0 Å². The molecule has 0 fully saturated rings. The van der Waals surface area contributed by atoms with Crippen molar-refractivity contribution < 1.29 is 0 Å². The second-order valence-corrected chi connectivity index (χ2v) is 4.17. The number of rotatable bonds is 3. The van der Waals surface area contributed by atoms with E-state index in [-0.39, 0.29) is 0 Å². The Balaban J connectivity index is 2.93. The summed E-state index contributed by atoms with van der Waals surface area (Å²) in [7, 11) is 0. The summed E-state index contributed by atoms with van der Waals surface area (Å²) in [6, 6.07) is 3.99. The van der Waals surface area contributed by atoms with E-state index in [0.717, 1.165) is 23.6 Å². The number of aryl methyl sites for hydroxylation is 1. The van der Waals surface area contributed by atoms with E-state index in [9.17, 15) is 0 Å². The van der Waals surface area contributed by atoms with Crippen LogP contribution in [0.15, 0.2) is 28.3 Å². The summed E-state index contributed by atoms with van der Waals surface area (Å²) >= 11 is 0. The lowest BCUT2D eigenvalue weighted by atomic mass is 10.2. The minimum atomic E-state index is 0.535. The van der Waals surface area contributed by atoms with E-state index in [0.29, 0.717) is 5.92 Å². The summed E-state index contributed by atoms with van der Waals surface area (Å²) in [5.74, 6) is 1.25. The Kier molecular flexibility index (Phi) is 4.83. The third kappa shape index (κ3) is 3.93. The molecule has 0 atom stereocenters. The van der Waals surface area contributed by atoms with Crippen molar-refractivity contribution in [2.45, 2.75) is 27.7 Å². The van der Waals surface area contributed by atoms with Crippen molar-refractivity contribution in [1.29, 1.82) is 0 Å². The van der Waals surface area contributed by atoms with Crippen molar-refractivity contribution in [3.8, 4) is 0 Å². The van der Waals surface area contributed by atoms with Gasteiger partial charge in [0.15, 0.2) is 5.84 Å². The van der Waals surface area contributed by atoms with Crippen LogP contribution in [0.2, 0.25) is 0 Å². The molecule has 0 bridgehead atoms. The molecular weight excluding hydrogens is 198 g/mol. The molecule has 0 N–H and O–H groups in total. The Bertz CT molecular complexity index is 375. The zero-order valence-corrected chi connectivity index (χ0v) is 10.4. The maximum absolute atomic E-state index is 4.47. The van der Waals surface area contributed by atoms with Crippen molar-refractivity contribution >= 4 is 12.1 Å². The summed E-state index contributed by atoms with van der Waals surface area (Å²) in [5.41, 5.74) is 1.98. The Morgan fingerprint density at radius 3 is 2.69 bits per heavy atom. The first-order valence-corrected chi connectivity index (χ1v) is 5.59. The van der Waals surface area contributed by atoms with Crippen LogP contribution >= 0.6 is 0 Å².